The van der Waals surface area contributed by atoms with Crippen molar-refractivity contribution in [2.75, 3.05) is 39.7 Å². The molecule has 26 heavy (non-hydrogen) atoms. The number of rotatable bonds is 8. The van der Waals surface area contributed by atoms with Crippen molar-refractivity contribution in [3.63, 3.8) is 0 Å². The molecule has 7 nitrogen and oxygen atoms in total. The largest absolute Gasteiger partial charge is 0.375 e. The van der Waals surface area contributed by atoms with Crippen LogP contribution in [0.15, 0.2) is 15.8 Å². The van der Waals surface area contributed by atoms with Crippen LogP contribution < -0.4 is 10.2 Å². The van der Waals surface area contributed by atoms with Crippen LogP contribution in [0.3, 0.4) is 0 Å². The van der Waals surface area contributed by atoms with E-state index in [9.17, 15) is 0 Å². The van der Waals surface area contributed by atoms with Gasteiger partial charge in [0.1, 0.15) is 11.1 Å². The number of aliphatic imine (C=N–C) groups is 1. The van der Waals surface area contributed by atoms with Gasteiger partial charge in [0.15, 0.2) is 11.1 Å². The molecule has 2 rings (SSSR count). The Morgan fingerprint density at radius 3 is 2.58 bits per heavy atom. The Morgan fingerprint density at radius 2 is 1.96 bits per heavy atom. The van der Waals surface area contributed by atoms with Gasteiger partial charge < -0.3 is 19.9 Å². The standard InChI is InChI=1S/C17H28N6OS2/c1-7-18-16(19-8-13-10-26-17(21-13)22(3)4)23(5)9-14-11-25-15(20-14)12(2)24-6/h10-12H,7-9H2,1-6H3,(H,18,19). The lowest BCUT2D eigenvalue weighted by Crippen LogP contribution is -2.38. The highest BCUT2D eigenvalue weighted by molar-refractivity contribution is 7.13. The Kier molecular flexibility index (Phi) is 7.80. The van der Waals surface area contributed by atoms with Gasteiger partial charge in [-0.1, -0.05) is 0 Å². The maximum absolute atomic E-state index is 5.34. The summed E-state index contributed by atoms with van der Waals surface area (Å²) >= 11 is 3.26. The van der Waals surface area contributed by atoms with Gasteiger partial charge in [-0.25, -0.2) is 15.0 Å². The Hall–Kier alpha value is -1.71. The molecule has 144 valence electrons. The quantitative estimate of drug-likeness (QED) is 0.547. The Balaban J connectivity index is 2.03. The van der Waals surface area contributed by atoms with Gasteiger partial charge >= 0.3 is 0 Å². The van der Waals surface area contributed by atoms with E-state index in [1.165, 1.54) is 0 Å². The van der Waals surface area contributed by atoms with Gasteiger partial charge in [0.2, 0.25) is 0 Å². The number of ether oxygens (including phenoxy) is 1. The first-order chi connectivity index (χ1) is 12.4. The molecule has 0 bridgehead atoms. The molecule has 0 aliphatic heterocycles. The number of nitrogens with zero attached hydrogens (tertiary/aromatic N) is 5. The highest BCUT2D eigenvalue weighted by Crippen LogP contribution is 2.21. The summed E-state index contributed by atoms with van der Waals surface area (Å²) < 4.78 is 5.34. The van der Waals surface area contributed by atoms with Crippen molar-refractivity contribution < 1.29 is 4.74 Å². The fourth-order valence-electron chi connectivity index (χ4n) is 2.20. The van der Waals surface area contributed by atoms with Crippen molar-refractivity contribution in [3.05, 3.63) is 27.2 Å². The van der Waals surface area contributed by atoms with Crippen molar-refractivity contribution in [1.29, 1.82) is 0 Å². The minimum atomic E-state index is 0.0246. The molecule has 0 spiro atoms. The lowest BCUT2D eigenvalue weighted by atomic mass is 10.4. The number of anilines is 1. The molecule has 0 aliphatic rings. The fraction of sp³-hybridized carbons (Fsp3) is 0.588. The molecule has 0 saturated carbocycles. The lowest BCUT2D eigenvalue weighted by Gasteiger charge is -2.21. The highest BCUT2D eigenvalue weighted by atomic mass is 32.1. The Morgan fingerprint density at radius 1 is 1.23 bits per heavy atom. The maximum Gasteiger partial charge on any atom is 0.194 e. The summed E-state index contributed by atoms with van der Waals surface area (Å²) in [5, 5.41) is 9.46. The number of guanidine groups is 1. The van der Waals surface area contributed by atoms with E-state index >= 15 is 0 Å². The second-order valence-electron chi connectivity index (χ2n) is 6.10. The van der Waals surface area contributed by atoms with Crippen LogP contribution in [0.25, 0.3) is 0 Å². The Labute approximate surface area is 163 Å². The first kappa shape index (κ1) is 20.6. The van der Waals surface area contributed by atoms with Crippen LogP contribution in [0, 0.1) is 0 Å². The van der Waals surface area contributed by atoms with Crippen LogP contribution in [-0.2, 0) is 17.8 Å². The van der Waals surface area contributed by atoms with Gasteiger partial charge in [0, 0.05) is 45.6 Å². The molecule has 1 unspecified atom stereocenters. The van der Waals surface area contributed by atoms with Crippen LogP contribution in [0.4, 0.5) is 5.13 Å². The summed E-state index contributed by atoms with van der Waals surface area (Å²) in [7, 11) is 7.72. The first-order valence-electron chi connectivity index (χ1n) is 8.52. The van der Waals surface area contributed by atoms with E-state index < -0.39 is 0 Å². The molecule has 2 heterocycles. The summed E-state index contributed by atoms with van der Waals surface area (Å²) in [6, 6.07) is 0. The van der Waals surface area contributed by atoms with E-state index in [4.69, 9.17) is 9.73 Å². The molecule has 0 aromatic carbocycles. The number of aromatic nitrogens is 2. The molecule has 0 saturated heterocycles. The van der Waals surface area contributed by atoms with E-state index in [1.807, 2.05) is 33.0 Å². The number of thiazole rings is 2. The van der Waals surface area contributed by atoms with Gasteiger partial charge in [-0.2, -0.15) is 0 Å². The molecular weight excluding hydrogens is 368 g/mol. The maximum atomic E-state index is 5.34. The predicted octanol–water partition coefficient (Wildman–Crippen LogP) is 2.97. The molecule has 1 atom stereocenters. The number of nitrogens with one attached hydrogen (secondary N) is 1. The molecule has 0 fully saturated rings. The number of methoxy groups -OCH3 is 1. The first-order valence-corrected chi connectivity index (χ1v) is 10.3. The number of hydrogen-bond acceptors (Lipinski definition) is 7. The summed E-state index contributed by atoms with van der Waals surface area (Å²) in [5.41, 5.74) is 2.00. The summed E-state index contributed by atoms with van der Waals surface area (Å²) in [6.07, 6.45) is 0.0246. The third kappa shape index (κ3) is 5.65. The molecular formula is C17H28N6OS2. The smallest absolute Gasteiger partial charge is 0.194 e. The zero-order valence-corrected chi connectivity index (χ0v) is 17.9. The molecule has 1 N–H and O–H groups in total. The normalized spacial score (nSPS) is 12.9. The third-order valence-electron chi connectivity index (χ3n) is 3.68. The molecule has 2 aromatic heterocycles. The highest BCUT2D eigenvalue weighted by Gasteiger charge is 2.13. The summed E-state index contributed by atoms with van der Waals surface area (Å²) in [6.45, 7) is 6.14. The average molecular weight is 397 g/mol. The van der Waals surface area contributed by atoms with E-state index in [2.05, 4.69) is 37.9 Å². The molecule has 2 aromatic rings. The third-order valence-corrected chi connectivity index (χ3v) is 5.79. The van der Waals surface area contributed by atoms with Crippen molar-refractivity contribution in [3.8, 4) is 0 Å². The van der Waals surface area contributed by atoms with Crippen molar-refractivity contribution >= 4 is 33.8 Å². The van der Waals surface area contributed by atoms with Gasteiger partial charge in [-0.3, -0.25) is 0 Å². The monoisotopic (exact) mass is 396 g/mol. The zero-order valence-electron chi connectivity index (χ0n) is 16.3. The average Bonchev–Trinajstić information content (AvgIpc) is 3.27. The van der Waals surface area contributed by atoms with Crippen LogP contribution in [0.5, 0.6) is 0 Å². The molecule has 0 radical (unpaired) electrons. The number of hydrogen-bond donors (Lipinski definition) is 1. The summed E-state index contributed by atoms with van der Waals surface area (Å²) in [4.78, 5) is 18.1. The molecule has 0 aliphatic carbocycles. The van der Waals surface area contributed by atoms with E-state index in [-0.39, 0.29) is 6.10 Å². The van der Waals surface area contributed by atoms with Crippen molar-refractivity contribution in [1.82, 2.24) is 20.2 Å². The predicted molar refractivity (Wildman–Crippen MR) is 110 cm³/mol. The molecule has 0 amide bonds. The van der Waals surface area contributed by atoms with Crippen molar-refractivity contribution in [2.45, 2.75) is 33.0 Å². The topological polar surface area (TPSA) is 65.9 Å². The Bertz CT molecular complexity index is 712. The van der Waals surface area contributed by atoms with Gasteiger partial charge in [-0.05, 0) is 13.8 Å². The van der Waals surface area contributed by atoms with Gasteiger partial charge in [0.05, 0.1) is 24.5 Å². The van der Waals surface area contributed by atoms with Gasteiger partial charge in [0.25, 0.3) is 0 Å². The minimum absolute atomic E-state index is 0.0246. The van der Waals surface area contributed by atoms with Crippen molar-refractivity contribution in [2.24, 2.45) is 4.99 Å². The van der Waals surface area contributed by atoms with Crippen LogP contribution in [-0.4, -0.2) is 55.6 Å². The summed E-state index contributed by atoms with van der Waals surface area (Å²) in [5.74, 6) is 0.848. The van der Waals surface area contributed by atoms with Crippen LogP contribution in [0.1, 0.15) is 36.3 Å². The van der Waals surface area contributed by atoms with E-state index in [1.54, 1.807) is 29.8 Å². The second kappa shape index (κ2) is 9.84. The van der Waals surface area contributed by atoms with E-state index in [0.717, 1.165) is 34.0 Å². The lowest BCUT2D eigenvalue weighted by molar-refractivity contribution is 0.119. The zero-order chi connectivity index (χ0) is 19.1. The SMILES string of the molecule is CCNC(=NCc1csc(N(C)C)n1)N(C)Cc1csc(C(C)OC)n1. The van der Waals surface area contributed by atoms with Gasteiger partial charge in [-0.15, -0.1) is 22.7 Å². The second-order valence-corrected chi connectivity index (χ2v) is 7.82. The molecule has 9 heteroatoms. The fourth-order valence-corrected chi connectivity index (χ4v) is 3.79. The van der Waals surface area contributed by atoms with Crippen LogP contribution in [0.2, 0.25) is 0 Å². The van der Waals surface area contributed by atoms with E-state index in [0.29, 0.717) is 13.1 Å². The minimum Gasteiger partial charge on any atom is -0.375 e. The van der Waals surface area contributed by atoms with Crippen LogP contribution >= 0.6 is 22.7 Å².